The fraction of sp³-hybridized carbons (Fsp3) is 0.300. The van der Waals surface area contributed by atoms with Gasteiger partial charge < -0.3 is 9.64 Å². The highest BCUT2D eigenvalue weighted by Gasteiger charge is 2.61. The average molecular weight is 625 g/mol. The van der Waals surface area contributed by atoms with E-state index in [2.05, 4.69) is 38.1 Å². The molecule has 2 heterocycles. The maximum Gasteiger partial charge on any atom is 0.316 e. The van der Waals surface area contributed by atoms with Crippen molar-refractivity contribution >= 4 is 35.1 Å². The van der Waals surface area contributed by atoms with E-state index in [1.807, 2.05) is 49.4 Å². The van der Waals surface area contributed by atoms with Crippen molar-refractivity contribution in [1.82, 2.24) is 0 Å². The molecule has 0 saturated carbocycles. The van der Waals surface area contributed by atoms with Crippen LogP contribution in [0.2, 0.25) is 0 Å². The van der Waals surface area contributed by atoms with Gasteiger partial charge in [-0.2, -0.15) is 0 Å². The fourth-order valence-electron chi connectivity index (χ4n) is 8.70. The number of rotatable bonds is 6. The standard InChI is InChI=1S/C40H36N2O5/c1-4-23-11-10-12-24(5-2)37(23)41-21-25(20-32(41)43)40(46)47-26-17-18-31(22(3)19-26)42-38(44)35-33-27-13-6-7-14-28(27)34(36(35)39(42)45)30-16-9-8-15-29(30)33/h6-19,25,33-36H,4-5,20-21H2,1-3H3/t25-,33?,34?,35-,36-/m1/s1. The van der Waals surface area contributed by atoms with Crippen LogP contribution in [0.1, 0.15) is 71.0 Å². The van der Waals surface area contributed by atoms with E-state index in [9.17, 15) is 19.2 Å². The van der Waals surface area contributed by atoms with Crippen molar-refractivity contribution in [3.05, 3.63) is 124 Å². The summed E-state index contributed by atoms with van der Waals surface area (Å²) in [6.07, 6.45) is 1.67. The van der Waals surface area contributed by atoms with E-state index in [1.165, 1.54) is 4.90 Å². The highest BCUT2D eigenvalue weighted by atomic mass is 16.5. The molecule has 0 aromatic heterocycles. The van der Waals surface area contributed by atoms with Gasteiger partial charge in [-0.25, -0.2) is 4.90 Å². The summed E-state index contributed by atoms with van der Waals surface area (Å²) in [4.78, 5) is 58.0. The summed E-state index contributed by atoms with van der Waals surface area (Å²) < 4.78 is 5.81. The van der Waals surface area contributed by atoms with Gasteiger partial charge >= 0.3 is 5.97 Å². The van der Waals surface area contributed by atoms with Crippen LogP contribution in [-0.4, -0.2) is 30.2 Å². The monoisotopic (exact) mass is 624 g/mol. The zero-order chi connectivity index (χ0) is 32.6. The number of hydrogen-bond acceptors (Lipinski definition) is 5. The highest BCUT2D eigenvalue weighted by Crippen LogP contribution is 2.61. The number of ether oxygens (including phenoxy) is 1. The molecule has 236 valence electrons. The van der Waals surface area contributed by atoms with Crippen LogP contribution in [0.5, 0.6) is 5.75 Å². The number of esters is 1. The largest absolute Gasteiger partial charge is 0.426 e. The smallest absolute Gasteiger partial charge is 0.316 e. The summed E-state index contributed by atoms with van der Waals surface area (Å²) in [5.41, 5.74) is 8.78. The summed E-state index contributed by atoms with van der Waals surface area (Å²) in [5, 5.41) is 0. The quantitative estimate of drug-likeness (QED) is 0.139. The second kappa shape index (κ2) is 11.0. The van der Waals surface area contributed by atoms with Crippen molar-refractivity contribution in [2.24, 2.45) is 17.8 Å². The van der Waals surface area contributed by atoms with Gasteiger partial charge in [-0.15, -0.1) is 0 Å². The summed E-state index contributed by atoms with van der Waals surface area (Å²) >= 11 is 0. The summed E-state index contributed by atoms with van der Waals surface area (Å²) in [6, 6.07) is 27.5. The highest BCUT2D eigenvalue weighted by molar-refractivity contribution is 6.23. The number of para-hydroxylation sites is 1. The third kappa shape index (κ3) is 4.32. The molecule has 0 N–H and O–H groups in total. The van der Waals surface area contributed by atoms with Crippen molar-refractivity contribution in [3.8, 4) is 5.75 Å². The molecule has 3 aliphatic carbocycles. The Bertz CT molecular complexity index is 1860. The molecule has 9 rings (SSSR count). The molecule has 2 aliphatic heterocycles. The SMILES string of the molecule is CCc1cccc(CC)c1N1C[C@H](C(=O)Oc2ccc(N3C(=O)[C@@H]4C5c6ccccc6C(c6ccccc65)[C@H]4C3=O)c(C)c2)CC1=O. The number of hydrogen-bond donors (Lipinski definition) is 0. The normalized spacial score (nSPS) is 24.0. The predicted molar refractivity (Wildman–Crippen MR) is 179 cm³/mol. The first-order valence-electron chi connectivity index (χ1n) is 16.6. The van der Waals surface area contributed by atoms with Crippen molar-refractivity contribution in [2.75, 3.05) is 16.3 Å². The molecule has 4 aromatic rings. The first-order valence-corrected chi connectivity index (χ1v) is 16.6. The maximum absolute atomic E-state index is 14.2. The third-order valence-electron chi connectivity index (χ3n) is 10.8. The Balaban J connectivity index is 1.04. The van der Waals surface area contributed by atoms with Gasteiger partial charge in [0.25, 0.3) is 0 Å². The van der Waals surface area contributed by atoms with Gasteiger partial charge in [0.15, 0.2) is 0 Å². The molecule has 3 amide bonds. The summed E-state index contributed by atoms with van der Waals surface area (Å²) in [5.74, 6) is -2.48. The summed E-state index contributed by atoms with van der Waals surface area (Å²) in [6.45, 7) is 6.22. The molecular formula is C40H36N2O5. The molecule has 47 heavy (non-hydrogen) atoms. The van der Waals surface area contributed by atoms with Crippen LogP contribution in [0.25, 0.3) is 0 Å². The second-order valence-electron chi connectivity index (χ2n) is 13.2. The van der Waals surface area contributed by atoms with Gasteiger partial charge in [0.1, 0.15) is 5.75 Å². The lowest BCUT2D eigenvalue weighted by Gasteiger charge is -2.45. The molecule has 3 atom stereocenters. The zero-order valence-corrected chi connectivity index (χ0v) is 26.7. The van der Waals surface area contributed by atoms with E-state index >= 15 is 0 Å². The van der Waals surface area contributed by atoms with Crippen LogP contribution < -0.4 is 14.5 Å². The lowest BCUT2D eigenvalue weighted by atomic mass is 9.55. The third-order valence-corrected chi connectivity index (χ3v) is 10.8. The van der Waals surface area contributed by atoms with Gasteiger partial charge in [-0.05, 0) is 76.9 Å². The molecule has 4 aromatic carbocycles. The number of imide groups is 1. The maximum atomic E-state index is 14.2. The first-order chi connectivity index (χ1) is 22.8. The molecule has 0 spiro atoms. The Kier molecular flexibility index (Phi) is 6.90. The molecular weight excluding hydrogens is 588 g/mol. The number of aryl methyl sites for hydroxylation is 3. The molecule has 2 saturated heterocycles. The Hall–Kier alpha value is -5.04. The molecule has 7 heteroatoms. The minimum atomic E-state index is -0.597. The lowest BCUT2D eigenvalue weighted by Crippen LogP contribution is -2.41. The Labute approximate surface area is 274 Å². The van der Waals surface area contributed by atoms with Crippen LogP contribution in [0.15, 0.2) is 84.9 Å². The molecule has 2 fully saturated rings. The second-order valence-corrected chi connectivity index (χ2v) is 13.2. The van der Waals surface area contributed by atoms with E-state index in [4.69, 9.17) is 4.74 Å². The van der Waals surface area contributed by atoms with Crippen molar-refractivity contribution < 1.29 is 23.9 Å². The van der Waals surface area contributed by atoms with E-state index < -0.39 is 23.7 Å². The number of carbonyl (C=O) groups is 4. The number of benzene rings is 4. The van der Waals surface area contributed by atoms with Gasteiger partial charge in [-0.1, -0.05) is 80.6 Å². The van der Waals surface area contributed by atoms with E-state index in [-0.39, 0.29) is 42.5 Å². The number of anilines is 2. The van der Waals surface area contributed by atoms with Crippen LogP contribution >= 0.6 is 0 Å². The number of carbonyl (C=O) groups excluding carboxylic acids is 4. The van der Waals surface area contributed by atoms with Crippen LogP contribution in [-0.2, 0) is 32.0 Å². The molecule has 2 bridgehead atoms. The average Bonchev–Trinajstić information content (AvgIpc) is 3.60. The Morgan fingerprint density at radius 3 is 1.77 bits per heavy atom. The first kappa shape index (κ1) is 29.4. The number of nitrogens with zero attached hydrogens (tertiary/aromatic N) is 2. The minimum Gasteiger partial charge on any atom is -0.426 e. The van der Waals surface area contributed by atoms with E-state index in [0.29, 0.717) is 17.0 Å². The van der Waals surface area contributed by atoms with Crippen LogP contribution in [0.3, 0.4) is 0 Å². The predicted octanol–water partition coefficient (Wildman–Crippen LogP) is 6.47. The molecule has 0 radical (unpaired) electrons. The number of amides is 3. The Morgan fingerprint density at radius 1 is 0.745 bits per heavy atom. The molecule has 5 aliphatic rings. The lowest BCUT2D eigenvalue weighted by molar-refractivity contribution is -0.139. The van der Waals surface area contributed by atoms with Crippen molar-refractivity contribution in [3.63, 3.8) is 0 Å². The van der Waals surface area contributed by atoms with Crippen LogP contribution in [0.4, 0.5) is 11.4 Å². The minimum absolute atomic E-state index is 0.0835. The molecule has 0 unspecified atom stereocenters. The zero-order valence-electron chi connectivity index (χ0n) is 26.7. The fourth-order valence-corrected chi connectivity index (χ4v) is 8.70. The van der Waals surface area contributed by atoms with Gasteiger partial charge in [0, 0.05) is 30.5 Å². The van der Waals surface area contributed by atoms with Gasteiger partial charge in [-0.3, -0.25) is 19.2 Å². The van der Waals surface area contributed by atoms with Crippen molar-refractivity contribution in [2.45, 2.75) is 51.9 Å². The molecule has 7 nitrogen and oxygen atoms in total. The topological polar surface area (TPSA) is 84.0 Å². The van der Waals surface area contributed by atoms with Gasteiger partial charge in [0.05, 0.1) is 23.4 Å². The van der Waals surface area contributed by atoms with E-state index in [1.54, 1.807) is 23.1 Å². The van der Waals surface area contributed by atoms with Gasteiger partial charge in [0.2, 0.25) is 17.7 Å². The van der Waals surface area contributed by atoms with E-state index in [0.717, 1.165) is 51.9 Å². The Morgan fingerprint density at radius 2 is 1.28 bits per heavy atom. The van der Waals surface area contributed by atoms with Crippen molar-refractivity contribution in [1.29, 1.82) is 0 Å². The van der Waals surface area contributed by atoms with Crippen LogP contribution in [0, 0.1) is 24.7 Å². The summed E-state index contributed by atoms with van der Waals surface area (Å²) in [7, 11) is 0.